The summed E-state index contributed by atoms with van der Waals surface area (Å²) in [5, 5.41) is 22.0. The van der Waals surface area contributed by atoms with E-state index in [9.17, 15) is 37.9 Å². The van der Waals surface area contributed by atoms with E-state index >= 15 is 0 Å². The van der Waals surface area contributed by atoms with Crippen molar-refractivity contribution in [3.63, 3.8) is 0 Å². The van der Waals surface area contributed by atoms with Gasteiger partial charge in [0.1, 0.15) is 64.3 Å². The van der Waals surface area contributed by atoms with Crippen molar-refractivity contribution in [3.05, 3.63) is 28.6 Å². The number of alkyl carbamates (subject to hydrolysis) is 1. The zero-order valence-corrected chi connectivity index (χ0v) is 42.6. The van der Waals surface area contributed by atoms with Crippen LogP contribution in [0.1, 0.15) is 107 Å². The molecule has 1 aromatic carbocycles. The number of anilines is 1. The predicted octanol–water partition coefficient (Wildman–Crippen LogP) is 8.51. The van der Waals surface area contributed by atoms with E-state index in [-0.39, 0.29) is 66.1 Å². The quantitative estimate of drug-likeness (QED) is 0.113. The number of ether oxygens (including phenoxy) is 4. The molecule has 2 aromatic heterocycles. The zero-order valence-electron chi connectivity index (χ0n) is 41.0. The Labute approximate surface area is 415 Å². The van der Waals surface area contributed by atoms with Crippen molar-refractivity contribution < 1.29 is 56.8 Å². The number of amides is 4. The number of nitrogens with zero attached hydrogens (tertiary/aromatic N) is 4. The van der Waals surface area contributed by atoms with Crippen molar-refractivity contribution in [2.75, 3.05) is 25.0 Å². The first-order valence-electron chi connectivity index (χ1n) is 24.1. The van der Waals surface area contributed by atoms with Crippen LogP contribution < -0.4 is 25.4 Å². The van der Waals surface area contributed by atoms with E-state index < -0.39 is 89.6 Å². The molecule has 5 fully saturated rings. The van der Waals surface area contributed by atoms with Crippen molar-refractivity contribution in [3.8, 4) is 22.9 Å². The number of benzene rings is 1. The Bertz CT molecular complexity index is 2520. The number of rotatable bonds is 15. The van der Waals surface area contributed by atoms with E-state index in [4.69, 9.17) is 40.5 Å². The lowest BCUT2D eigenvalue weighted by molar-refractivity contribution is -0.146. The SMILES string of the molecule is CC[C@@H]1C[C@]1(NC(=O)[C@@H]1C[C@@H](Oc2cc(-c3csc(NC(C)C)n3)nc3c(Cl)c(OC[C@@H]4CC(F)(F)CN4C(=O)OC(C)(C)C)ccc23)CN1C(=O)[C@@H](NC(=O)OC1C[C@@H]2C[C@@H]2C1)C(C)(C)C)C(=O)O. The van der Waals surface area contributed by atoms with Crippen LogP contribution in [0.25, 0.3) is 22.3 Å². The second-order valence-electron chi connectivity index (χ2n) is 22.0. The highest BCUT2D eigenvalue weighted by Crippen LogP contribution is 2.53. The van der Waals surface area contributed by atoms with Crippen LogP contribution in [0.5, 0.6) is 11.5 Å². The third kappa shape index (κ3) is 11.1. The molecule has 2 aliphatic heterocycles. The summed E-state index contributed by atoms with van der Waals surface area (Å²) in [7, 11) is 0. The number of carbonyl (C=O) groups is 5. The Hall–Kier alpha value is -5.24. The molecule has 21 heteroatoms. The summed E-state index contributed by atoms with van der Waals surface area (Å²) < 4.78 is 53.6. The number of halogens is 3. The largest absolute Gasteiger partial charge is 0.490 e. The maximum absolute atomic E-state index is 14.9. The van der Waals surface area contributed by atoms with E-state index in [1.54, 1.807) is 59.1 Å². The fourth-order valence-corrected chi connectivity index (χ4v) is 11.2. The summed E-state index contributed by atoms with van der Waals surface area (Å²) in [5.41, 5.74) is -2.23. The predicted molar refractivity (Wildman–Crippen MR) is 257 cm³/mol. The summed E-state index contributed by atoms with van der Waals surface area (Å²) in [4.78, 5) is 80.2. The maximum Gasteiger partial charge on any atom is 0.410 e. The van der Waals surface area contributed by atoms with Gasteiger partial charge in [0.05, 0.1) is 30.3 Å². The van der Waals surface area contributed by atoms with E-state index in [1.807, 2.05) is 20.8 Å². The number of pyridine rings is 1. The fraction of sp³-hybridized carbons (Fsp3) is 0.653. The number of alkyl halides is 2. The van der Waals surface area contributed by atoms with Gasteiger partial charge < -0.3 is 44.9 Å². The Morgan fingerprint density at radius 1 is 0.957 bits per heavy atom. The van der Waals surface area contributed by atoms with Crippen molar-refractivity contribution in [1.82, 2.24) is 30.4 Å². The highest BCUT2D eigenvalue weighted by Gasteiger charge is 2.62. The van der Waals surface area contributed by atoms with Crippen LogP contribution in [0.3, 0.4) is 0 Å². The van der Waals surface area contributed by atoms with Gasteiger partial charge in [0, 0.05) is 35.7 Å². The Balaban J connectivity index is 1.10. The number of likely N-dealkylation sites (tertiary alicyclic amines) is 2. The molecule has 3 aliphatic carbocycles. The summed E-state index contributed by atoms with van der Waals surface area (Å²) in [5.74, 6) is -4.39. The molecule has 0 spiro atoms. The van der Waals surface area contributed by atoms with Crippen LogP contribution in [-0.2, 0) is 23.9 Å². The van der Waals surface area contributed by atoms with Crippen LogP contribution in [-0.4, -0.2) is 128 Å². The first-order valence-corrected chi connectivity index (χ1v) is 25.4. The third-order valence-corrected chi connectivity index (χ3v) is 14.9. The molecule has 0 radical (unpaired) electrons. The molecule has 9 atom stereocenters. The Morgan fingerprint density at radius 3 is 2.30 bits per heavy atom. The van der Waals surface area contributed by atoms with Crippen LogP contribution in [0.15, 0.2) is 23.6 Å². The van der Waals surface area contributed by atoms with Gasteiger partial charge in [0.15, 0.2) is 5.13 Å². The number of carboxylic acid groups (broad SMARTS) is 1. The van der Waals surface area contributed by atoms with E-state index in [0.29, 0.717) is 40.2 Å². The van der Waals surface area contributed by atoms with Crippen molar-refractivity contribution >= 4 is 68.9 Å². The number of carbonyl (C=O) groups excluding carboxylic acids is 4. The summed E-state index contributed by atoms with van der Waals surface area (Å²) >= 11 is 8.45. The normalized spacial score (nSPS) is 27.2. The Morgan fingerprint density at radius 2 is 1.67 bits per heavy atom. The van der Waals surface area contributed by atoms with Crippen molar-refractivity contribution in [2.45, 2.75) is 161 Å². The molecular formula is C49H64ClF2N7O10S. The lowest BCUT2D eigenvalue weighted by Gasteiger charge is -2.35. The smallest absolute Gasteiger partial charge is 0.410 e. The van der Waals surface area contributed by atoms with Gasteiger partial charge in [0.25, 0.3) is 5.92 Å². The maximum atomic E-state index is 14.9. The molecule has 4 N–H and O–H groups in total. The number of hydrogen-bond acceptors (Lipinski definition) is 13. The van der Waals surface area contributed by atoms with Gasteiger partial charge in [-0.15, -0.1) is 11.3 Å². The van der Waals surface area contributed by atoms with Gasteiger partial charge >= 0.3 is 18.2 Å². The number of carboxylic acids is 1. The lowest BCUT2D eigenvalue weighted by atomic mass is 9.85. The average Bonchev–Trinajstić information content (AvgIpc) is 3.81. The molecule has 4 heterocycles. The first kappa shape index (κ1) is 51.1. The molecule has 4 amide bonds. The molecule has 3 saturated carbocycles. The fourth-order valence-electron chi connectivity index (χ4n) is 10.0. The van der Waals surface area contributed by atoms with Gasteiger partial charge in [-0.25, -0.2) is 33.1 Å². The second-order valence-corrected chi connectivity index (χ2v) is 23.2. The highest BCUT2D eigenvalue weighted by molar-refractivity contribution is 7.14. The van der Waals surface area contributed by atoms with Gasteiger partial charge in [0.2, 0.25) is 11.8 Å². The summed E-state index contributed by atoms with van der Waals surface area (Å²) in [6, 6.07) is 1.55. The van der Waals surface area contributed by atoms with E-state index in [2.05, 4.69) is 16.0 Å². The number of aromatic nitrogens is 2. The number of thiazole rings is 1. The molecule has 0 bridgehead atoms. The molecule has 3 aromatic rings. The summed E-state index contributed by atoms with van der Waals surface area (Å²) in [6.45, 7) is 14.8. The number of fused-ring (bicyclic) bond motifs is 2. The highest BCUT2D eigenvalue weighted by atomic mass is 35.5. The molecule has 382 valence electrons. The topological polar surface area (TPSA) is 211 Å². The van der Waals surface area contributed by atoms with Gasteiger partial charge in [-0.3, -0.25) is 14.5 Å². The van der Waals surface area contributed by atoms with Crippen molar-refractivity contribution in [1.29, 1.82) is 0 Å². The van der Waals surface area contributed by atoms with Crippen LogP contribution in [0.2, 0.25) is 5.02 Å². The first-order chi connectivity index (χ1) is 32.7. The standard InChI is InChI=1S/C49H64ClF2N7O10S/c1-10-27-18-49(27,42(62)63)57-40(60)34-16-30(20-58(34)41(61)39(46(4,5)6)56-44(64)68-29-14-25-13-26(25)15-29)67-36-17-32(33-22-70-43(55-33)53-24(2)3)54-38-31(36)11-12-35(37(38)50)66-21-28-19-48(51,52)23-59(28)45(65)69-47(7,8)9/h11-12,17,22,24-30,34,39H,10,13-16,18-21,23H2,1-9H3,(H,53,55)(H,56,64)(H,57,60)(H,62,63)/t25-,26+,27-,28+,29?,30-,34+,39-,49-/m1/s1. The summed E-state index contributed by atoms with van der Waals surface area (Å²) in [6.07, 6.45) is 0.0428. The van der Waals surface area contributed by atoms with Gasteiger partial charge in [-0.05, 0) is 95.6 Å². The third-order valence-electron chi connectivity index (χ3n) is 13.8. The van der Waals surface area contributed by atoms with Crippen LogP contribution in [0, 0.1) is 23.2 Å². The van der Waals surface area contributed by atoms with Crippen LogP contribution >= 0.6 is 22.9 Å². The van der Waals surface area contributed by atoms with Crippen LogP contribution in [0.4, 0.5) is 23.5 Å². The van der Waals surface area contributed by atoms with E-state index in [0.717, 1.165) is 24.2 Å². The minimum absolute atomic E-state index is 0.0171. The minimum atomic E-state index is -3.17. The van der Waals surface area contributed by atoms with Crippen molar-refractivity contribution in [2.24, 2.45) is 23.2 Å². The molecule has 1 unspecified atom stereocenters. The van der Waals surface area contributed by atoms with Gasteiger partial charge in [-0.1, -0.05) is 45.7 Å². The molecule has 70 heavy (non-hydrogen) atoms. The molecular weight excluding hydrogens is 952 g/mol. The molecule has 2 saturated heterocycles. The average molecular weight is 1020 g/mol. The lowest BCUT2D eigenvalue weighted by Crippen LogP contribution is -2.59. The Kier molecular flexibility index (Phi) is 13.9. The van der Waals surface area contributed by atoms with Gasteiger partial charge in [-0.2, -0.15) is 0 Å². The number of aliphatic carboxylic acids is 1. The monoisotopic (exact) mass is 1020 g/mol. The zero-order chi connectivity index (χ0) is 50.8. The molecule has 5 aliphatic rings. The number of hydrogen-bond donors (Lipinski definition) is 4. The van der Waals surface area contributed by atoms with E-state index in [1.165, 1.54) is 22.3 Å². The molecule has 17 nitrogen and oxygen atoms in total. The molecule has 8 rings (SSSR count). The second kappa shape index (κ2) is 19.1. The number of nitrogens with one attached hydrogen (secondary N) is 3. The minimum Gasteiger partial charge on any atom is -0.490 e.